The number of hydrogen-bond donors (Lipinski definition) is 1. The first-order valence-corrected chi connectivity index (χ1v) is 9.83. The van der Waals surface area contributed by atoms with E-state index in [1.54, 1.807) is 17.0 Å². The first-order valence-electron chi connectivity index (χ1n) is 9.83. The summed E-state index contributed by atoms with van der Waals surface area (Å²) in [6.45, 7) is 7.87. The van der Waals surface area contributed by atoms with Gasteiger partial charge >= 0.3 is 0 Å². The number of carbonyl (C=O) groups excluding carboxylic acids is 2. The molecular weight excluding hydrogens is 378 g/mol. The van der Waals surface area contributed by atoms with Crippen LogP contribution in [-0.4, -0.2) is 92.1 Å². The summed E-state index contributed by atoms with van der Waals surface area (Å²) in [6.07, 6.45) is 0. The van der Waals surface area contributed by atoms with Crippen LogP contribution in [-0.2, 0) is 9.53 Å². The van der Waals surface area contributed by atoms with E-state index >= 15 is 0 Å². The second-order valence-corrected chi connectivity index (χ2v) is 7.16. The molecule has 2 aliphatic heterocycles. The van der Waals surface area contributed by atoms with Crippen LogP contribution in [0.25, 0.3) is 0 Å². The fourth-order valence-electron chi connectivity index (χ4n) is 3.59. The van der Waals surface area contributed by atoms with Gasteiger partial charge in [-0.1, -0.05) is 0 Å². The van der Waals surface area contributed by atoms with Crippen molar-refractivity contribution < 1.29 is 19.2 Å². The van der Waals surface area contributed by atoms with E-state index in [0.29, 0.717) is 51.6 Å². The molecule has 0 atom stereocenters. The summed E-state index contributed by atoms with van der Waals surface area (Å²) in [5.41, 5.74) is 0.648. The molecule has 158 valence electrons. The molecule has 1 aromatic rings. The SMILES string of the molecule is CC(=O)N1CCN(c2ccc(C(=O)NCCN3CCOCC3)cc2[N+](=O)[O-])CC1. The maximum Gasteiger partial charge on any atom is 0.293 e. The Morgan fingerprint density at radius 3 is 2.45 bits per heavy atom. The standard InChI is InChI=1S/C19H27N5O5/c1-15(25)22-6-8-23(9-7-22)17-3-2-16(14-18(17)24(27)28)19(26)20-4-5-21-10-12-29-13-11-21/h2-3,14H,4-13H2,1H3,(H,20,26). The Bertz CT molecular complexity index is 757. The maximum absolute atomic E-state index is 12.4. The molecule has 2 fully saturated rings. The van der Waals surface area contributed by atoms with Gasteiger partial charge in [0, 0.05) is 70.9 Å². The lowest BCUT2D eigenvalue weighted by molar-refractivity contribution is -0.384. The van der Waals surface area contributed by atoms with E-state index in [4.69, 9.17) is 4.74 Å². The summed E-state index contributed by atoms with van der Waals surface area (Å²) >= 11 is 0. The Labute approximate surface area is 169 Å². The van der Waals surface area contributed by atoms with Gasteiger partial charge in [-0.2, -0.15) is 0 Å². The van der Waals surface area contributed by atoms with E-state index in [9.17, 15) is 19.7 Å². The zero-order valence-corrected chi connectivity index (χ0v) is 16.6. The van der Waals surface area contributed by atoms with E-state index in [0.717, 1.165) is 19.6 Å². The van der Waals surface area contributed by atoms with Crippen molar-refractivity contribution in [3.8, 4) is 0 Å². The van der Waals surface area contributed by atoms with Gasteiger partial charge in [-0.15, -0.1) is 0 Å². The number of nitrogens with zero attached hydrogens (tertiary/aromatic N) is 4. The van der Waals surface area contributed by atoms with Crippen LogP contribution < -0.4 is 10.2 Å². The van der Waals surface area contributed by atoms with Crippen molar-refractivity contribution >= 4 is 23.2 Å². The quantitative estimate of drug-likeness (QED) is 0.536. The van der Waals surface area contributed by atoms with Crippen molar-refractivity contribution in [3.63, 3.8) is 0 Å². The number of piperazine rings is 1. The fraction of sp³-hybridized carbons (Fsp3) is 0.579. The van der Waals surface area contributed by atoms with Gasteiger partial charge in [0.1, 0.15) is 5.69 Å². The molecule has 29 heavy (non-hydrogen) atoms. The number of hydrogen-bond acceptors (Lipinski definition) is 7. The highest BCUT2D eigenvalue weighted by atomic mass is 16.6. The Balaban J connectivity index is 1.62. The minimum atomic E-state index is -0.461. The minimum absolute atomic E-state index is 0.00301. The predicted octanol–water partition coefficient (Wildman–Crippen LogP) is 0.325. The number of morpholine rings is 1. The molecule has 2 amide bonds. The highest BCUT2D eigenvalue weighted by molar-refractivity contribution is 5.95. The van der Waals surface area contributed by atoms with Crippen LogP contribution in [0.2, 0.25) is 0 Å². The van der Waals surface area contributed by atoms with Gasteiger partial charge in [0.15, 0.2) is 0 Å². The molecule has 0 aliphatic carbocycles. The highest BCUT2D eigenvalue weighted by Gasteiger charge is 2.26. The Morgan fingerprint density at radius 2 is 1.83 bits per heavy atom. The van der Waals surface area contributed by atoms with Crippen LogP contribution in [0.5, 0.6) is 0 Å². The van der Waals surface area contributed by atoms with Crippen LogP contribution in [0.1, 0.15) is 17.3 Å². The molecule has 2 heterocycles. The predicted molar refractivity (Wildman–Crippen MR) is 107 cm³/mol. The molecule has 0 unspecified atom stereocenters. The molecule has 10 nitrogen and oxygen atoms in total. The lowest BCUT2D eigenvalue weighted by Crippen LogP contribution is -2.48. The maximum atomic E-state index is 12.4. The van der Waals surface area contributed by atoms with E-state index in [2.05, 4.69) is 10.2 Å². The smallest absolute Gasteiger partial charge is 0.293 e. The Morgan fingerprint density at radius 1 is 1.14 bits per heavy atom. The third-order valence-corrected chi connectivity index (χ3v) is 5.32. The zero-order valence-electron chi connectivity index (χ0n) is 16.6. The molecule has 0 aromatic heterocycles. The van der Waals surface area contributed by atoms with E-state index in [1.165, 1.54) is 13.0 Å². The van der Waals surface area contributed by atoms with Gasteiger partial charge in [-0.05, 0) is 12.1 Å². The molecule has 2 aliphatic rings. The van der Waals surface area contributed by atoms with Crippen molar-refractivity contribution in [1.29, 1.82) is 0 Å². The normalized spacial score (nSPS) is 17.8. The fourth-order valence-corrected chi connectivity index (χ4v) is 3.59. The summed E-state index contributed by atoms with van der Waals surface area (Å²) in [4.78, 5) is 40.8. The van der Waals surface area contributed by atoms with E-state index < -0.39 is 4.92 Å². The molecule has 1 N–H and O–H groups in total. The van der Waals surface area contributed by atoms with E-state index in [1.807, 2.05) is 4.90 Å². The number of nitrogens with one attached hydrogen (secondary N) is 1. The van der Waals surface area contributed by atoms with Crippen LogP contribution in [0.15, 0.2) is 18.2 Å². The van der Waals surface area contributed by atoms with Crippen molar-refractivity contribution in [2.75, 3.05) is 70.5 Å². The number of rotatable bonds is 6. The summed E-state index contributed by atoms with van der Waals surface area (Å²) in [5, 5.41) is 14.4. The van der Waals surface area contributed by atoms with Crippen LogP contribution in [0, 0.1) is 10.1 Å². The van der Waals surface area contributed by atoms with Gasteiger partial charge in [0.05, 0.1) is 18.1 Å². The number of nitro benzene ring substituents is 1. The molecule has 0 saturated carbocycles. The second-order valence-electron chi connectivity index (χ2n) is 7.16. The molecule has 0 spiro atoms. The Kier molecular flexibility index (Phi) is 6.99. The summed E-state index contributed by atoms with van der Waals surface area (Å²) < 4.78 is 5.29. The monoisotopic (exact) mass is 405 g/mol. The summed E-state index contributed by atoms with van der Waals surface area (Å²) in [6, 6.07) is 4.57. The lowest BCUT2D eigenvalue weighted by atomic mass is 10.1. The third-order valence-electron chi connectivity index (χ3n) is 5.32. The van der Waals surface area contributed by atoms with Crippen LogP contribution in [0.4, 0.5) is 11.4 Å². The number of carbonyl (C=O) groups is 2. The van der Waals surface area contributed by atoms with Gasteiger partial charge in [0.2, 0.25) is 5.91 Å². The average Bonchev–Trinajstić information content (AvgIpc) is 2.74. The highest BCUT2D eigenvalue weighted by Crippen LogP contribution is 2.30. The van der Waals surface area contributed by atoms with Crippen molar-refractivity contribution in [1.82, 2.24) is 15.1 Å². The largest absolute Gasteiger partial charge is 0.379 e. The zero-order chi connectivity index (χ0) is 20.8. The van der Waals surface area contributed by atoms with Gasteiger partial charge < -0.3 is 19.9 Å². The number of benzene rings is 1. The number of amides is 2. The van der Waals surface area contributed by atoms with Crippen LogP contribution >= 0.6 is 0 Å². The van der Waals surface area contributed by atoms with Gasteiger partial charge in [0.25, 0.3) is 11.6 Å². The third kappa shape index (κ3) is 5.42. The van der Waals surface area contributed by atoms with Gasteiger partial charge in [-0.25, -0.2) is 0 Å². The Hall–Kier alpha value is -2.72. The van der Waals surface area contributed by atoms with E-state index in [-0.39, 0.29) is 23.1 Å². The topological polar surface area (TPSA) is 108 Å². The molecule has 0 radical (unpaired) electrons. The number of anilines is 1. The van der Waals surface area contributed by atoms with Crippen molar-refractivity contribution in [2.45, 2.75) is 6.92 Å². The first-order chi connectivity index (χ1) is 14.0. The molecule has 3 rings (SSSR count). The summed E-state index contributed by atoms with van der Waals surface area (Å²) in [5.74, 6) is -0.322. The number of nitro groups is 1. The molecular formula is C19H27N5O5. The minimum Gasteiger partial charge on any atom is -0.379 e. The summed E-state index contributed by atoms with van der Waals surface area (Å²) in [7, 11) is 0. The molecule has 0 bridgehead atoms. The lowest BCUT2D eigenvalue weighted by Gasteiger charge is -2.35. The molecule has 10 heteroatoms. The first kappa shape index (κ1) is 21.0. The van der Waals surface area contributed by atoms with Gasteiger partial charge in [-0.3, -0.25) is 24.6 Å². The van der Waals surface area contributed by atoms with Crippen LogP contribution in [0.3, 0.4) is 0 Å². The molecule has 1 aromatic carbocycles. The molecule has 2 saturated heterocycles. The van der Waals surface area contributed by atoms with Crippen molar-refractivity contribution in [3.05, 3.63) is 33.9 Å². The average molecular weight is 405 g/mol. The number of ether oxygens (including phenoxy) is 1. The van der Waals surface area contributed by atoms with Crippen molar-refractivity contribution in [2.24, 2.45) is 0 Å². The second kappa shape index (κ2) is 9.66.